The van der Waals surface area contributed by atoms with Gasteiger partial charge in [-0.3, -0.25) is 4.79 Å². The van der Waals surface area contributed by atoms with Gasteiger partial charge < -0.3 is 10.6 Å². The van der Waals surface area contributed by atoms with Crippen molar-refractivity contribution in [3.8, 4) is 0 Å². The van der Waals surface area contributed by atoms with Crippen LogP contribution in [0.15, 0.2) is 0 Å². The fourth-order valence-electron chi connectivity index (χ4n) is 2.95. The molecular formula is C16H32N2O. The monoisotopic (exact) mass is 268 g/mol. The number of unbranched alkanes of at least 4 members (excludes halogenated alkanes) is 5. The van der Waals surface area contributed by atoms with Crippen LogP contribution < -0.4 is 5.73 Å². The maximum atomic E-state index is 12.3. The van der Waals surface area contributed by atoms with E-state index in [1.54, 1.807) is 0 Å². The molecule has 112 valence electrons. The number of carbonyl (C=O) groups excluding carboxylic acids is 1. The summed E-state index contributed by atoms with van der Waals surface area (Å²) >= 11 is 0. The van der Waals surface area contributed by atoms with E-state index in [4.69, 9.17) is 5.73 Å². The highest BCUT2D eigenvalue weighted by atomic mass is 16.2. The molecule has 0 aromatic rings. The largest absolute Gasteiger partial charge is 0.338 e. The van der Waals surface area contributed by atoms with E-state index in [0.717, 1.165) is 32.2 Å². The van der Waals surface area contributed by atoms with Crippen LogP contribution in [0, 0.1) is 0 Å². The number of nitrogens with two attached hydrogens (primary N) is 1. The van der Waals surface area contributed by atoms with Crippen LogP contribution in [0.5, 0.6) is 0 Å². The molecule has 1 saturated heterocycles. The van der Waals surface area contributed by atoms with Crippen molar-refractivity contribution in [3.63, 3.8) is 0 Å². The normalized spacial score (nSPS) is 20.3. The molecular weight excluding hydrogens is 236 g/mol. The highest BCUT2D eigenvalue weighted by molar-refractivity contribution is 5.76. The Morgan fingerprint density at radius 3 is 2.58 bits per heavy atom. The highest BCUT2D eigenvalue weighted by Crippen LogP contribution is 2.18. The third kappa shape index (κ3) is 6.42. The fourth-order valence-corrected chi connectivity index (χ4v) is 2.95. The van der Waals surface area contributed by atoms with Crippen LogP contribution >= 0.6 is 0 Å². The van der Waals surface area contributed by atoms with E-state index in [1.807, 2.05) is 0 Å². The van der Waals surface area contributed by atoms with E-state index in [2.05, 4.69) is 11.8 Å². The summed E-state index contributed by atoms with van der Waals surface area (Å²) in [6.45, 7) is 3.79. The molecule has 1 atom stereocenters. The second-order valence-corrected chi connectivity index (χ2v) is 5.84. The van der Waals surface area contributed by atoms with E-state index < -0.39 is 0 Å². The van der Waals surface area contributed by atoms with Gasteiger partial charge in [0, 0.05) is 25.6 Å². The average molecular weight is 268 g/mol. The smallest absolute Gasteiger partial charge is 0.222 e. The lowest BCUT2D eigenvalue weighted by molar-refractivity contribution is -0.133. The molecule has 2 N–H and O–H groups in total. The molecule has 0 aliphatic carbocycles. The topological polar surface area (TPSA) is 46.3 Å². The van der Waals surface area contributed by atoms with Gasteiger partial charge in [0.1, 0.15) is 0 Å². The van der Waals surface area contributed by atoms with Crippen LogP contribution in [0.4, 0.5) is 0 Å². The molecule has 1 aliphatic rings. The zero-order chi connectivity index (χ0) is 13.9. The van der Waals surface area contributed by atoms with Gasteiger partial charge in [-0.15, -0.1) is 0 Å². The Morgan fingerprint density at radius 2 is 1.84 bits per heavy atom. The molecule has 3 heteroatoms. The number of carbonyl (C=O) groups is 1. The lowest BCUT2D eigenvalue weighted by atomic mass is 10.1. The first-order valence-corrected chi connectivity index (χ1v) is 8.29. The summed E-state index contributed by atoms with van der Waals surface area (Å²) in [5.74, 6) is 0.341. The molecule has 0 saturated carbocycles. The Kier molecular flexibility index (Phi) is 8.89. The van der Waals surface area contributed by atoms with Gasteiger partial charge in [-0.05, 0) is 19.3 Å². The van der Waals surface area contributed by atoms with Crippen LogP contribution in [0.1, 0.15) is 77.6 Å². The van der Waals surface area contributed by atoms with Gasteiger partial charge in [-0.1, -0.05) is 51.9 Å². The van der Waals surface area contributed by atoms with Crippen LogP contribution in [0.3, 0.4) is 0 Å². The molecule has 1 heterocycles. The van der Waals surface area contributed by atoms with Crippen molar-refractivity contribution in [3.05, 3.63) is 0 Å². The molecule has 0 aromatic carbocycles. The number of hydrogen-bond donors (Lipinski definition) is 1. The molecule has 0 spiro atoms. The van der Waals surface area contributed by atoms with Gasteiger partial charge in [0.2, 0.25) is 5.91 Å². The van der Waals surface area contributed by atoms with E-state index in [-0.39, 0.29) is 0 Å². The minimum atomic E-state index is 0.301. The molecule has 1 aliphatic heterocycles. The molecule has 1 unspecified atom stereocenters. The Bertz CT molecular complexity index is 243. The molecule has 1 amide bonds. The lowest BCUT2D eigenvalue weighted by Crippen LogP contribution is -2.44. The first-order chi connectivity index (χ1) is 9.29. The third-order valence-electron chi connectivity index (χ3n) is 4.21. The third-order valence-corrected chi connectivity index (χ3v) is 4.21. The van der Waals surface area contributed by atoms with Crippen LogP contribution in [0.25, 0.3) is 0 Å². The fraction of sp³-hybridized carbons (Fsp3) is 0.938. The van der Waals surface area contributed by atoms with Crippen LogP contribution in [-0.2, 0) is 4.79 Å². The number of likely N-dealkylation sites (tertiary alicyclic amines) is 1. The number of nitrogens with zero attached hydrogens (tertiary/aromatic N) is 1. The van der Waals surface area contributed by atoms with Crippen molar-refractivity contribution in [2.24, 2.45) is 5.73 Å². The standard InChI is InChI=1S/C16H32N2O/c1-2-3-4-5-6-9-12-16(19)18-13-10-7-8-11-15(18)14-17/h15H,2-14,17H2,1H3. The Labute approximate surface area is 118 Å². The van der Waals surface area contributed by atoms with Crippen molar-refractivity contribution in [1.82, 2.24) is 4.90 Å². The van der Waals surface area contributed by atoms with Gasteiger partial charge in [-0.2, -0.15) is 0 Å². The Hall–Kier alpha value is -0.570. The Morgan fingerprint density at radius 1 is 1.11 bits per heavy atom. The first kappa shape index (κ1) is 16.5. The second-order valence-electron chi connectivity index (χ2n) is 5.84. The first-order valence-electron chi connectivity index (χ1n) is 8.29. The zero-order valence-electron chi connectivity index (χ0n) is 12.7. The minimum absolute atomic E-state index is 0.301. The minimum Gasteiger partial charge on any atom is -0.338 e. The quantitative estimate of drug-likeness (QED) is 0.685. The molecule has 1 rings (SSSR count). The summed E-state index contributed by atoms with van der Waals surface area (Å²) in [5.41, 5.74) is 5.82. The molecule has 19 heavy (non-hydrogen) atoms. The van der Waals surface area contributed by atoms with Crippen molar-refractivity contribution < 1.29 is 4.79 Å². The predicted octanol–water partition coefficient (Wildman–Crippen LogP) is 3.47. The number of rotatable bonds is 8. The van der Waals surface area contributed by atoms with E-state index >= 15 is 0 Å². The summed E-state index contributed by atoms with van der Waals surface area (Å²) in [6.07, 6.45) is 12.9. The van der Waals surface area contributed by atoms with Crippen LogP contribution in [-0.4, -0.2) is 29.9 Å². The Balaban J connectivity index is 2.22. The van der Waals surface area contributed by atoms with Gasteiger partial charge >= 0.3 is 0 Å². The van der Waals surface area contributed by atoms with E-state index in [0.29, 0.717) is 18.5 Å². The van der Waals surface area contributed by atoms with E-state index in [1.165, 1.54) is 44.9 Å². The number of hydrogen-bond acceptors (Lipinski definition) is 2. The lowest BCUT2D eigenvalue weighted by Gasteiger charge is -2.29. The summed E-state index contributed by atoms with van der Waals surface area (Å²) in [6, 6.07) is 0.301. The van der Waals surface area contributed by atoms with Gasteiger partial charge in [0.15, 0.2) is 0 Å². The maximum absolute atomic E-state index is 12.3. The van der Waals surface area contributed by atoms with E-state index in [9.17, 15) is 4.79 Å². The van der Waals surface area contributed by atoms with Crippen molar-refractivity contribution in [1.29, 1.82) is 0 Å². The van der Waals surface area contributed by atoms with Crippen molar-refractivity contribution in [2.75, 3.05) is 13.1 Å². The molecule has 1 fully saturated rings. The van der Waals surface area contributed by atoms with Gasteiger partial charge in [0.25, 0.3) is 0 Å². The average Bonchev–Trinajstić information content (AvgIpc) is 2.67. The predicted molar refractivity (Wildman–Crippen MR) is 81.0 cm³/mol. The molecule has 0 radical (unpaired) electrons. The summed E-state index contributed by atoms with van der Waals surface area (Å²) in [7, 11) is 0. The molecule has 0 aromatic heterocycles. The SMILES string of the molecule is CCCCCCCCC(=O)N1CCCCCC1CN. The van der Waals surface area contributed by atoms with Crippen molar-refractivity contribution in [2.45, 2.75) is 83.6 Å². The summed E-state index contributed by atoms with van der Waals surface area (Å²) in [5, 5.41) is 0. The highest BCUT2D eigenvalue weighted by Gasteiger charge is 2.23. The van der Waals surface area contributed by atoms with Crippen molar-refractivity contribution >= 4 is 5.91 Å². The summed E-state index contributed by atoms with van der Waals surface area (Å²) in [4.78, 5) is 14.3. The molecule has 3 nitrogen and oxygen atoms in total. The second kappa shape index (κ2) is 10.2. The zero-order valence-corrected chi connectivity index (χ0v) is 12.7. The van der Waals surface area contributed by atoms with Crippen LogP contribution in [0.2, 0.25) is 0 Å². The maximum Gasteiger partial charge on any atom is 0.222 e. The molecule has 0 bridgehead atoms. The van der Waals surface area contributed by atoms with Gasteiger partial charge in [0.05, 0.1) is 0 Å². The summed E-state index contributed by atoms with van der Waals surface area (Å²) < 4.78 is 0. The number of amides is 1. The van der Waals surface area contributed by atoms with Gasteiger partial charge in [-0.25, -0.2) is 0 Å².